The van der Waals surface area contributed by atoms with Crippen LogP contribution in [0.25, 0.3) is 0 Å². The summed E-state index contributed by atoms with van der Waals surface area (Å²) in [6.07, 6.45) is 9.98. The smallest absolute Gasteiger partial charge is 0.0110 e. The highest BCUT2D eigenvalue weighted by molar-refractivity contribution is 9.09. The van der Waals surface area contributed by atoms with Crippen LogP contribution in [0.4, 0.5) is 0 Å². The van der Waals surface area contributed by atoms with Gasteiger partial charge in [-0.1, -0.05) is 48.5 Å². The number of halogens is 1. The molecule has 1 heterocycles. The van der Waals surface area contributed by atoms with Crippen LogP contribution in [0.2, 0.25) is 0 Å². The third-order valence-corrected chi connectivity index (χ3v) is 6.20. The van der Waals surface area contributed by atoms with Gasteiger partial charge in [-0.05, 0) is 31.2 Å². The van der Waals surface area contributed by atoms with Gasteiger partial charge in [-0.2, -0.15) is 0 Å². The average molecular weight is 331 g/mol. The van der Waals surface area contributed by atoms with Crippen molar-refractivity contribution < 1.29 is 0 Å². The zero-order valence-corrected chi connectivity index (χ0v) is 14.3. The Labute approximate surface area is 128 Å². The highest BCUT2D eigenvalue weighted by atomic mass is 79.9. The summed E-state index contributed by atoms with van der Waals surface area (Å²) in [6.45, 7) is 10.1. The van der Waals surface area contributed by atoms with E-state index in [4.69, 9.17) is 0 Å². The molecule has 1 aliphatic heterocycles. The molecule has 0 amide bonds. The summed E-state index contributed by atoms with van der Waals surface area (Å²) in [5.74, 6) is 0. The summed E-state index contributed by atoms with van der Waals surface area (Å²) in [4.78, 5) is 5.36. The quantitative estimate of drug-likeness (QED) is 0.559. The van der Waals surface area contributed by atoms with E-state index < -0.39 is 0 Å². The number of rotatable bonds is 5. The molecular formula is C16H31BrN2. The first-order valence-corrected chi connectivity index (χ1v) is 9.41. The summed E-state index contributed by atoms with van der Waals surface area (Å²) >= 11 is 3.83. The molecule has 2 fully saturated rings. The molecule has 2 nitrogen and oxygen atoms in total. The molecule has 1 aliphatic carbocycles. The predicted octanol–water partition coefficient (Wildman–Crippen LogP) is 3.75. The van der Waals surface area contributed by atoms with Crippen molar-refractivity contribution in [3.8, 4) is 0 Å². The van der Waals surface area contributed by atoms with E-state index in [9.17, 15) is 0 Å². The van der Waals surface area contributed by atoms with Crippen LogP contribution in [0.1, 0.15) is 51.9 Å². The van der Waals surface area contributed by atoms with Crippen LogP contribution in [0.5, 0.6) is 0 Å². The van der Waals surface area contributed by atoms with Gasteiger partial charge in [0.1, 0.15) is 0 Å². The Morgan fingerprint density at radius 1 is 0.895 bits per heavy atom. The molecule has 0 unspecified atom stereocenters. The third-order valence-electron chi connectivity index (χ3n) is 5.01. The molecule has 0 radical (unpaired) electrons. The maximum Gasteiger partial charge on any atom is 0.0110 e. The predicted molar refractivity (Wildman–Crippen MR) is 87.1 cm³/mol. The molecule has 0 aromatic carbocycles. The fourth-order valence-corrected chi connectivity index (χ4v) is 4.51. The normalized spacial score (nSPS) is 26.2. The van der Waals surface area contributed by atoms with E-state index in [1.807, 2.05) is 0 Å². The number of nitrogens with zero attached hydrogens (tertiary/aromatic N) is 2. The topological polar surface area (TPSA) is 6.48 Å². The maximum absolute atomic E-state index is 3.83. The van der Waals surface area contributed by atoms with Gasteiger partial charge < -0.3 is 9.80 Å². The Kier molecular flexibility index (Phi) is 6.64. The van der Waals surface area contributed by atoms with Crippen molar-refractivity contribution in [3.05, 3.63) is 0 Å². The minimum Gasteiger partial charge on any atom is -0.301 e. The molecule has 0 N–H and O–H groups in total. The third kappa shape index (κ3) is 4.71. The van der Waals surface area contributed by atoms with Gasteiger partial charge in [0.15, 0.2) is 0 Å². The zero-order chi connectivity index (χ0) is 13.6. The van der Waals surface area contributed by atoms with Gasteiger partial charge in [0.25, 0.3) is 0 Å². The van der Waals surface area contributed by atoms with E-state index in [1.165, 1.54) is 89.5 Å². The average Bonchev–Trinajstić information content (AvgIpc) is 2.68. The van der Waals surface area contributed by atoms with Crippen LogP contribution in [0.3, 0.4) is 0 Å². The zero-order valence-electron chi connectivity index (χ0n) is 12.7. The Morgan fingerprint density at radius 2 is 1.47 bits per heavy atom. The van der Waals surface area contributed by atoms with E-state index in [2.05, 4.69) is 32.7 Å². The standard InChI is InChI=1S/C16H31BrN2/c1-2-9-18-10-12-19(13-11-18)15-16(14-17)7-5-3-4-6-8-16/h2-15H2,1H3. The Bertz CT molecular complexity index is 241. The number of alkyl halides is 1. The van der Waals surface area contributed by atoms with Crippen LogP contribution < -0.4 is 0 Å². The molecule has 0 bridgehead atoms. The molecule has 1 saturated carbocycles. The van der Waals surface area contributed by atoms with Crippen molar-refractivity contribution in [3.63, 3.8) is 0 Å². The van der Waals surface area contributed by atoms with Gasteiger partial charge in [-0.15, -0.1) is 0 Å². The highest BCUT2D eigenvalue weighted by Gasteiger charge is 2.32. The van der Waals surface area contributed by atoms with Crippen LogP contribution in [-0.2, 0) is 0 Å². The van der Waals surface area contributed by atoms with Crippen LogP contribution >= 0.6 is 15.9 Å². The fraction of sp³-hybridized carbons (Fsp3) is 1.00. The molecule has 19 heavy (non-hydrogen) atoms. The first kappa shape index (κ1) is 15.8. The summed E-state index contributed by atoms with van der Waals surface area (Å²) in [6, 6.07) is 0. The second-order valence-electron chi connectivity index (χ2n) is 6.67. The van der Waals surface area contributed by atoms with Crippen molar-refractivity contribution >= 4 is 15.9 Å². The van der Waals surface area contributed by atoms with E-state index in [-0.39, 0.29) is 0 Å². The van der Waals surface area contributed by atoms with Gasteiger partial charge in [0, 0.05) is 38.1 Å². The molecule has 2 rings (SSSR count). The van der Waals surface area contributed by atoms with Crippen molar-refractivity contribution in [2.75, 3.05) is 44.6 Å². The van der Waals surface area contributed by atoms with Crippen molar-refractivity contribution in [2.24, 2.45) is 5.41 Å². The molecule has 112 valence electrons. The van der Waals surface area contributed by atoms with E-state index in [1.54, 1.807) is 0 Å². The van der Waals surface area contributed by atoms with Crippen LogP contribution in [0.15, 0.2) is 0 Å². The Hall–Kier alpha value is 0.400. The summed E-state index contributed by atoms with van der Waals surface area (Å²) in [7, 11) is 0. The van der Waals surface area contributed by atoms with E-state index in [0.29, 0.717) is 5.41 Å². The molecule has 0 atom stereocenters. The number of hydrogen-bond donors (Lipinski definition) is 0. The summed E-state index contributed by atoms with van der Waals surface area (Å²) < 4.78 is 0. The minimum atomic E-state index is 0.573. The van der Waals surface area contributed by atoms with Gasteiger partial charge in [0.05, 0.1) is 0 Å². The molecule has 3 heteroatoms. The lowest BCUT2D eigenvalue weighted by molar-refractivity contribution is 0.0863. The molecule has 1 saturated heterocycles. The fourth-order valence-electron chi connectivity index (χ4n) is 3.77. The lowest BCUT2D eigenvalue weighted by Crippen LogP contribution is -2.50. The molecule has 2 aliphatic rings. The van der Waals surface area contributed by atoms with Gasteiger partial charge >= 0.3 is 0 Å². The highest BCUT2D eigenvalue weighted by Crippen LogP contribution is 2.37. The van der Waals surface area contributed by atoms with Crippen molar-refractivity contribution in [1.29, 1.82) is 0 Å². The first-order valence-electron chi connectivity index (χ1n) is 8.29. The van der Waals surface area contributed by atoms with Gasteiger partial charge in [0.2, 0.25) is 0 Å². The second kappa shape index (κ2) is 7.99. The summed E-state index contributed by atoms with van der Waals surface area (Å²) in [5.41, 5.74) is 0.573. The number of piperazine rings is 1. The first-order chi connectivity index (χ1) is 9.28. The molecule has 0 aromatic rings. The van der Waals surface area contributed by atoms with Crippen molar-refractivity contribution in [1.82, 2.24) is 9.80 Å². The maximum atomic E-state index is 3.83. The lowest BCUT2D eigenvalue weighted by Gasteiger charge is -2.41. The van der Waals surface area contributed by atoms with Gasteiger partial charge in [-0.3, -0.25) is 0 Å². The minimum absolute atomic E-state index is 0.573. The second-order valence-corrected chi connectivity index (χ2v) is 7.23. The van der Waals surface area contributed by atoms with Crippen molar-refractivity contribution in [2.45, 2.75) is 51.9 Å². The Balaban J connectivity index is 1.82. The van der Waals surface area contributed by atoms with Crippen LogP contribution in [-0.4, -0.2) is 54.4 Å². The molecule has 0 aromatic heterocycles. The lowest BCUT2D eigenvalue weighted by atomic mass is 9.82. The van der Waals surface area contributed by atoms with Crippen LogP contribution in [0, 0.1) is 5.41 Å². The Morgan fingerprint density at radius 3 is 2.00 bits per heavy atom. The summed E-state index contributed by atoms with van der Waals surface area (Å²) in [5, 5.41) is 1.20. The molecule has 0 spiro atoms. The van der Waals surface area contributed by atoms with Gasteiger partial charge in [-0.25, -0.2) is 0 Å². The van der Waals surface area contributed by atoms with E-state index >= 15 is 0 Å². The monoisotopic (exact) mass is 330 g/mol. The largest absolute Gasteiger partial charge is 0.301 e. The molecular weight excluding hydrogens is 300 g/mol. The number of hydrogen-bond acceptors (Lipinski definition) is 2. The van der Waals surface area contributed by atoms with E-state index in [0.717, 1.165) is 0 Å². The SMILES string of the molecule is CCCN1CCN(CC2(CBr)CCCCCC2)CC1.